The standard InChI is InChI=1S/C17H20N4O2/c1-17(2,3)14-11-12(22)10-13(15(14)23)16(20-8-4-6-18-20)21-9-5-7-19-21/h4-11,16,22-23H,1-3H3. The molecule has 6 nitrogen and oxygen atoms in total. The fourth-order valence-corrected chi connectivity index (χ4v) is 2.67. The second-order valence-electron chi connectivity index (χ2n) is 6.53. The van der Waals surface area contributed by atoms with E-state index in [9.17, 15) is 10.2 Å². The molecule has 2 N–H and O–H groups in total. The summed E-state index contributed by atoms with van der Waals surface area (Å²) < 4.78 is 3.38. The van der Waals surface area contributed by atoms with Crippen LogP contribution in [0.3, 0.4) is 0 Å². The Morgan fingerprint density at radius 1 is 0.957 bits per heavy atom. The molecule has 2 heterocycles. The number of phenols is 2. The van der Waals surface area contributed by atoms with Gasteiger partial charge in [-0.1, -0.05) is 20.8 Å². The van der Waals surface area contributed by atoms with Crippen molar-refractivity contribution in [1.82, 2.24) is 19.6 Å². The Hall–Kier alpha value is -2.76. The number of benzene rings is 1. The van der Waals surface area contributed by atoms with Crippen molar-refractivity contribution in [1.29, 1.82) is 0 Å². The van der Waals surface area contributed by atoms with E-state index in [1.54, 1.807) is 58.4 Å². The third kappa shape index (κ3) is 2.79. The van der Waals surface area contributed by atoms with Gasteiger partial charge in [-0.3, -0.25) is 0 Å². The number of aromatic nitrogens is 4. The summed E-state index contributed by atoms with van der Waals surface area (Å²) in [5.74, 6) is 0.248. The molecule has 0 aliphatic rings. The van der Waals surface area contributed by atoms with Crippen molar-refractivity contribution < 1.29 is 10.2 Å². The van der Waals surface area contributed by atoms with Crippen LogP contribution in [0.25, 0.3) is 0 Å². The first-order valence-electron chi connectivity index (χ1n) is 7.42. The van der Waals surface area contributed by atoms with Gasteiger partial charge in [-0.25, -0.2) is 9.36 Å². The Morgan fingerprint density at radius 3 is 1.96 bits per heavy atom. The summed E-state index contributed by atoms with van der Waals surface area (Å²) in [6.07, 6.45) is 6.45. The van der Waals surface area contributed by atoms with Gasteiger partial charge in [-0.05, 0) is 29.7 Å². The second kappa shape index (κ2) is 5.46. The molecule has 3 rings (SSSR count). The molecule has 120 valence electrons. The summed E-state index contributed by atoms with van der Waals surface area (Å²) in [4.78, 5) is 0. The van der Waals surface area contributed by atoms with Crippen LogP contribution in [-0.4, -0.2) is 29.8 Å². The van der Waals surface area contributed by atoms with Crippen LogP contribution in [0.1, 0.15) is 38.1 Å². The van der Waals surface area contributed by atoms with E-state index < -0.39 is 6.17 Å². The van der Waals surface area contributed by atoms with Gasteiger partial charge in [0, 0.05) is 35.9 Å². The van der Waals surface area contributed by atoms with Gasteiger partial charge in [-0.15, -0.1) is 0 Å². The van der Waals surface area contributed by atoms with Crippen molar-refractivity contribution in [2.24, 2.45) is 0 Å². The van der Waals surface area contributed by atoms with Gasteiger partial charge in [0.2, 0.25) is 0 Å². The number of aromatic hydroxyl groups is 2. The lowest BCUT2D eigenvalue weighted by Gasteiger charge is -2.26. The van der Waals surface area contributed by atoms with Crippen LogP contribution in [0.15, 0.2) is 49.1 Å². The van der Waals surface area contributed by atoms with Crippen molar-refractivity contribution in [3.8, 4) is 11.5 Å². The van der Waals surface area contributed by atoms with Crippen LogP contribution in [0.4, 0.5) is 0 Å². The quantitative estimate of drug-likeness (QED) is 0.729. The molecule has 2 aromatic heterocycles. The molecule has 3 aromatic rings. The van der Waals surface area contributed by atoms with E-state index in [1.807, 2.05) is 20.8 Å². The molecule has 0 bridgehead atoms. The van der Waals surface area contributed by atoms with E-state index in [4.69, 9.17) is 0 Å². The first-order valence-corrected chi connectivity index (χ1v) is 7.42. The van der Waals surface area contributed by atoms with Crippen LogP contribution in [-0.2, 0) is 5.41 Å². The number of phenolic OH excluding ortho intramolecular Hbond substituents is 2. The molecular formula is C17H20N4O2. The molecule has 0 radical (unpaired) electrons. The monoisotopic (exact) mass is 312 g/mol. The van der Waals surface area contributed by atoms with Crippen LogP contribution < -0.4 is 0 Å². The van der Waals surface area contributed by atoms with E-state index >= 15 is 0 Å². The largest absolute Gasteiger partial charge is 0.508 e. The minimum absolute atomic E-state index is 0.104. The topological polar surface area (TPSA) is 76.1 Å². The zero-order chi connectivity index (χ0) is 16.6. The average Bonchev–Trinajstić information content (AvgIpc) is 3.15. The maximum atomic E-state index is 10.8. The normalized spacial score (nSPS) is 12.0. The molecule has 0 aliphatic heterocycles. The van der Waals surface area contributed by atoms with Gasteiger partial charge < -0.3 is 10.2 Å². The highest BCUT2D eigenvalue weighted by Crippen LogP contribution is 2.40. The highest BCUT2D eigenvalue weighted by molar-refractivity contribution is 5.50. The molecule has 0 atom stereocenters. The molecule has 0 amide bonds. The smallest absolute Gasteiger partial charge is 0.172 e. The predicted molar refractivity (Wildman–Crippen MR) is 86.5 cm³/mol. The summed E-state index contributed by atoms with van der Waals surface area (Å²) in [5.41, 5.74) is 0.912. The SMILES string of the molecule is CC(C)(C)c1cc(O)cc(C(n2cccn2)n2cccn2)c1O. The third-order valence-electron chi connectivity index (χ3n) is 3.76. The van der Waals surface area contributed by atoms with Gasteiger partial charge in [0.25, 0.3) is 0 Å². The number of nitrogens with zero attached hydrogens (tertiary/aromatic N) is 4. The molecule has 0 saturated heterocycles. The Kier molecular flexibility index (Phi) is 3.60. The van der Waals surface area contributed by atoms with E-state index in [0.717, 1.165) is 0 Å². The lowest BCUT2D eigenvalue weighted by atomic mass is 9.84. The van der Waals surface area contributed by atoms with E-state index in [2.05, 4.69) is 10.2 Å². The summed E-state index contributed by atoms with van der Waals surface area (Å²) in [6, 6.07) is 6.77. The first kappa shape index (κ1) is 15.1. The lowest BCUT2D eigenvalue weighted by molar-refractivity contribution is 0.378. The number of hydrogen-bond acceptors (Lipinski definition) is 4. The van der Waals surface area contributed by atoms with E-state index in [1.165, 1.54) is 0 Å². The van der Waals surface area contributed by atoms with Gasteiger partial charge in [-0.2, -0.15) is 10.2 Å². The molecule has 0 fully saturated rings. The molecule has 1 aromatic carbocycles. The maximum Gasteiger partial charge on any atom is 0.172 e. The Bertz CT molecular complexity index is 753. The zero-order valence-corrected chi connectivity index (χ0v) is 13.4. The van der Waals surface area contributed by atoms with Gasteiger partial charge in [0.1, 0.15) is 11.5 Å². The molecule has 23 heavy (non-hydrogen) atoms. The summed E-state index contributed by atoms with van der Waals surface area (Å²) in [5, 5.41) is 29.5. The van der Waals surface area contributed by atoms with Crippen LogP contribution in [0, 0.1) is 0 Å². The number of hydrogen-bond donors (Lipinski definition) is 2. The minimum Gasteiger partial charge on any atom is -0.508 e. The van der Waals surface area contributed by atoms with Crippen LogP contribution >= 0.6 is 0 Å². The fraction of sp³-hybridized carbons (Fsp3) is 0.294. The average molecular weight is 312 g/mol. The Balaban J connectivity index is 2.24. The van der Waals surface area contributed by atoms with Crippen LogP contribution in [0.2, 0.25) is 0 Å². The summed E-state index contributed by atoms with van der Waals surface area (Å²) >= 11 is 0. The molecule has 0 aliphatic carbocycles. The van der Waals surface area contributed by atoms with Crippen LogP contribution in [0.5, 0.6) is 11.5 Å². The summed E-state index contributed by atoms with van der Waals surface area (Å²) in [7, 11) is 0. The lowest BCUT2D eigenvalue weighted by Crippen LogP contribution is -2.22. The zero-order valence-electron chi connectivity index (χ0n) is 13.4. The third-order valence-corrected chi connectivity index (χ3v) is 3.76. The van der Waals surface area contributed by atoms with Gasteiger partial charge in [0.15, 0.2) is 6.17 Å². The van der Waals surface area contributed by atoms with Gasteiger partial charge >= 0.3 is 0 Å². The second-order valence-corrected chi connectivity index (χ2v) is 6.53. The first-order chi connectivity index (χ1) is 10.9. The van der Waals surface area contributed by atoms with E-state index in [-0.39, 0.29) is 16.9 Å². The molecule has 0 spiro atoms. The van der Waals surface area contributed by atoms with Crippen molar-refractivity contribution in [3.63, 3.8) is 0 Å². The highest BCUT2D eigenvalue weighted by Gasteiger charge is 2.27. The highest BCUT2D eigenvalue weighted by atomic mass is 16.3. The molecular weight excluding hydrogens is 292 g/mol. The number of rotatable bonds is 3. The fourth-order valence-electron chi connectivity index (χ4n) is 2.67. The predicted octanol–water partition coefficient (Wildman–Crippen LogP) is 2.88. The Morgan fingerprint density at radius 2 is 1.52 bits per heavy atom. The maximum absolute atomic E-state index is 10.8. The molecule has 0 unspecified atom stereocenters. The van der Waals surface area contributed by atoms with Crippen molar-refractivity contribution in [2.45, 2.75) is 32.4 Å². The van der Waals surface area contributed by atoms with Gasteiger partial charge in [0.05, 0.1) is 0 Å². The van der Waals surface area contributed by atoms with Crippen molar-refractivity contribution in [2.75, 3.05) is 0 Å². The summed E-state index contributed by atoms with van der Waals surface area (Å²) in [6.45, 7) is 5.96. The molecule has 6 heteroatoms. The Labute approximate surface area is 134 Å². The van der Waals surface area contributed by atoms with Crippen molar-refractivity contribution in [3.05, 3.63) is 60.2 Å². The van der Waals surface area contributed by atoms with Crippen molar-refractivity contribution >= 4 is 0 Å². The molecule has 0 saturated carbocycles. The minimum atomic E-state index is -0.479. The van der Waals surface area contributed by atoms with E-state index in [0.29, 0.717) is 11.1 Å².